The highest BCUT2D eigenvalue weighted by Crippen LogP contribution is 2.47. The number of nitro groups is 2. The Morgan fingerprint density at radius 2 is 1.58 bits per heavy atom. The maximum absolute atomic E-state index is 14.2. The van der Waals surface area contributed by atoms with Crippen molar-refractivity contribution in [3.63, 3.8) is 0 Å². The van der Waals surface area contributed by atoms with Crippen LogP contribution < -0.4 is 15.5 Å². The van der Waals surface area contributed by atoms with Gasteiger partial charge in [-0.05, 0) is 75.3 Å². The number of aromatic nitrogens is 1. The van der Waals surface area contributed by atoms with E-state index >= 15 is 0 Å². The van der Waals surface area contributed by atoms with Crippen LogP contribution in [0, 0.1) is 26.1 Å². The Hall–Kier alpha value is -7.09. The van der Waals surface area contributed by atoms with E-state index in [-0.39, 0.29) is 34.4 Å². The zero-order valence-corrected chi connectivity index (χ0v) is 36.2. The fraction of sp³-hybridized carbons (Fsp3) is 0.383. The Morgan fingerprint density at radius 1 is 0.848 bits per heavy atom. The van der Waals surface area contributed by atoms with E-state index in [0.29, 0.717) is 147 Å². The lowest BCUT2D eigenvalue weighted by Crippen LogP contribution is -2.39. The quantitative estimate of drug-likeness (QED) is 0.0286. The van der Waals surface area contributed by atoms with Crippen molar-refractivity contribution in [1.29, 1.82) is 0 Å². The summed E-state index contributed by atoms with van der Waals surface area (Å²) < 4.78 is 22.8. The van der Waals surface area contributed by atoms with E-state index < -0.39 is 28.3 Å². The predicted molar refractivity (Wildman–Crippen MR) is 242 cm³/mol. The number of carboxylic acids is 1. The van der Waals surface area contributed by atoms with Crippen molar-refractivity contribution in [2.45, 2.75) is 51.4 Å². The lowest BCUT2D eigenvalue weighted by Gasteiger charge is -2.34. The van der Waals surface area contributed by atoms with Crippen molar-refractivity contribution in [2.24, 2.45) is 5.92 Å². The number of aliphatic carboxylic acids is 1. The number of piperidine rings is 1. The van der Waals surface area contributed by atoms with Crippen LogP contribution in [0.15, 0.2) is 77.3 Å². The van der Waals surface area contributed by atoms with Gasteiger partial charge >= 0.3 is 5.97 Å². The number of nitro benzene ring substituents is 2. The van der Waals surface area contributed by atoms with Gasteiger partial charge in [0, 0.05) is 72.6 Å². The summed E-state index contributed by atoms with van der Waals surface area (Å²) >= 11 is 0. The number of non-ortho nitro benzene ring substituents is 1. The Morgan fingerprint density at radius 3 is 2.30 bits per heavy atom. The Kier molecular flexibility index (Phi) is 15.8. The Labute approximate surface area is 378 Å². The molecule has 1 saturated heterocycles. The van der Waals surface area contributed by atoms with Gasteiger partial charge in [0.15, 0.2) is 11.5 Å². The fourth-order valence-corrected chi connectivity index (χ4v) is 8.31. The largest absolute Gasteiger partial charge is 0.480 e. The predicted octanol–water partition coefficient (Wildman–Crippen LogP) is 7.44. The summed E-state index contributed by atoms with van der Waals surface area (Å²) in [5, 5.41) is 42.0. The molecule has 1 aromatic heterocycles. The normalized spacial score (nSPS) is 14.2. The van der Waals surface area contributed by atoms with Crippen LogP contribution in [0.1, 0.15) is 76.8 Å². The van der Waals surface area contributed by atoms with E-state index in [4.69, 9.17) is 23.8 Å². The van der Waals surface area contributed by atoms with Gasteiger partial charge in [-0.15, -0.1) is 0 Å². The summed E-state index contributed by atoms with van der Waals surface area (Å²) in [5.41, 5.74) is 3.79. The van der Waals surface area contributed by atoms with Gasteiger partial charge in [-0.3, -0.25) is 39.4 Å². The molecule has 0 spiro atoms. The van der Waals surface area contributed by atoms with Gasteiger partial charge in [0.2, 0.25) is 0 Å². The number of carbonyl (C=O) groups is 4. The topological polar surface area (TPSA) is 256 Å². The van der Waals surface area contributed by atoms with Gasteiger partial charge in [-0.25, -0.2) is 0 Å². The first-order chi connectivity index (χ1) is 32.0. The van der Waals surface area contributed by atoms with Crippen molar-refractivity contribution in [3.8, 4) is 11.3 Å². The smallest absolute Gasteiger partial charge is 0.322 e. The van der Waals surface area contributed by atoms with Gasteiger partial charge in [-0.2, -0.15) is 0 Å². The Bertz CT molecular complexity index is 2610. The Balaban J connectivity index is 0.858. The van der Waals surface area contributed by atoms with Crippen molar-refractivity contribution in [1.82, 2.24) is 10.5 Å². The number of ketones is 2. The summed E-state index contributed by atoms with van der Waals surface area (Å²) in [6.07, 6.45) is 5.03. The summed E-state index contributed by atoms with van der Waals surface area (Å²) in [5.74, 6) is -1.51. The molecule has 2 heterocycles. The summed E-state index contributed by atoms with van der Waals surface area (Å²) in [4.78, 5) is 74.6. The number of ether oxygens (including phenoxy) is 3. The van der Waals surface area contributed by atoms with E-state index in [0.717, 1.165) is 18.9 Å². The second-order valence-corrected chi connectivity index (χ2v) is 16.0. The van der Waals surface area contributed by atoms with E-state index in [9.17, 15) is 39.4 Å². The molecule has 346 valence electrons. The maximum atomic E-state index is 14.2. The summed E-state index contributed by atoms with van der Waals surface area (Å²) in [6, 6.07) is 19.3. The van der Waals surface area contributed by atoms with Crippen molar-refractivity contribution in [2.75, 3.05) is 69.5 Å². The number of nitrogens with one attached hydrogen (secondary N) is 2. The van der Waals surface area contributed by atoms with Crippen LogP contribution in [0.3, 0.4) is 0 Å². The van der Waals surface area contributed by atoms with Crippen LogP contribution in [-0.4, -0.2) is 103 Å². The van der Waals surface area contributed by atoms with Crippen molar-refractivity contribution < 1.29 is 52.9 Å². The van der Waals surface area contributed by atoms with Crippen LogP contribution in [0.5, 0.6) is 0 Å². The zero-order valence-electron chi connectivity index (χ0n) is 36.2. The zero-order chi connectivity index (χ0) is 46.6. The molecule has 19 nitrogen and oxygen atoms in total. The number of Topliss-reactive ketones (excluding diaryl/α,β-unsaturated/α-hetero) is 1. The first-order valence-electron chi connectivity index (χ1n) is 21.9. The molecule has 66 heavy (non-hydrogen) atoms. The molecule has 1 atom stereocenters. The van der Waals surface area contributed by atoms with Crippen LogP contribution >= 0.6 is 0 Å². The number of fused-ring (bicyclic) bond motifs is 2. The first-order valence-corrected chi connectivity index (χ1v) is 21.9. The minimum absolute atomic E-state index is 0.172. The van der Waals surface area contributed by atoms with Crippen LogP contribution in [0.25, 0.3) is 22.2 Å². The van der Waals surface area contributed by atoms with Crippen LogP contribution in [0.4, 0.5) is 28.4 Å². The highest BCUT2D eigenvalue weighted by Gasteiger charge is 2.35. The number of anilines is 3. The van der Waals surface area contributed by atoms with E-state index in [1.54, 1.807) is 36.4 Å². The third kappa shape index (κ3) is 11.4. The molecule has 0 bridgehead atoms. The van der Waals surface area contributed by atoms with E-state index in [1.165, 1.54) is 12.1 Å². The number of carboxylic acid groups (broad SMARTS) is 1. The van der Waals surface area contributed by atoms with E-state index in [2.05, 4.69) is 20.7 Å². The monoisotopic (exact) mass is 906 g/mol. The van der Waals surface area contributed by atoms with Gasteiger partial charge in [0.1, 0.15) is 17.8 Å². The summed E-state index contributed by atoms with van der Waals surface area (Å²) in [7, 11) is 0. The highest BCUT2D eigenvalue weighted by molar-refractivity contribution is 6.29. The van der Waals surface area contributed by atoms with Gasteiger partial charge in [0.25, 0.3) is 17.3 Å². The number of amides is 1. The average molecular weight is 907 g/mol. The second kappa shape index (κ2) is 22.2. The van der Waals surface area contributed by atoms with Gasteiger partial charge in [0.05, 0.1) is 64.7 Å². The number of carbonyl (C=O) groups excluding carboxylic acids is 3. The minimum atomic E-state index is -1.17. The number of rotatable bonds is 25. The molecule has 5 aromatic rings. The molecule has 2 aliphatic rings. The molecular formula is C47H50N6O13. The third-order valence-corrected chi connectivity index (χ3v) is 11.6. The molecule has 1 aliphatic carbocycles. The number of hydrogen-bond acceptors (Lipinski definition) is 15. The fourth-order valence-electron chi connectivity index (χ4n) is 8.31. The van der Waals surface area contributed by atoms with Crippen molar-refractivity contribution >= 4 is 62.8 Å². The lowest BCUT2D eigenvalue weighted by atomic mass is 9.85. The second-order valence-electron chi connectivity index (χ2n) is 16.0. The average Bonchev–Trinajstić information content (AvgIpc) is 3.76. The van der Waals surface area contributed by atoms with Crippen LogP contribution in [-0.2, 0) is 30.2 Å². The minimum Gasteiger partial charge on any atom is -0.480 e. The first kappa shape index (κ1) is 46.9. The molecule has 0 saturated carbocycles. The van der Waals surface area contributed by atoms with Gasteiger partial charge < -0.3 is 39.4 Å². The van der Waals surface area contributed by atoms with Crippen LogP contribution in [0.2, 0.25) is 0 Å². The molecule has 19 heteroatoms. The maximum Gasteiger partial charge on any atom is 0.322 e. The lowest BCUT2D eigenvalue weighted by molar-refractivity contribution is -0.394. The number of hydrogen-bond donors (Lipinski definition) is 3. The molecule has 3 N–H and O–H groups in total. The SMILES string of the molecule is O=C(O)CNC(=O)c1cccc(Nc2cc(N3CCC[C@@H](C(=O)CCCCOCCOCCOCCCCc4ccc([N+](=O)[O-])cc4[N+](=O)[O-])C3)c3noc4c3c2C(=O)c2ccccc2-4)c1. The molecule has 7 rings (SSSR count). The number of benzene rings is 4. The highest BCUT2D eigenvalue weighted by atomic mass is 16.6. The molecule has 1 fully saturated rings. The van der Waals surface area contributed by atoms with Crippen molar-refractivity contribution in [3.05, 3.63) is 115 Å². The number of aryl methyl sites for hydroxylation is 1. The molecule has 0 unspecified atom stereocenters. The molecular weight excluding hydrogens is 857 g/mol. The molecule has 1 amide bonds. The standard InChI is InChI=1S/C47H50N6O13/c54-40(15-4-6-20-64-22-24-65-23-21-63-19-5-3-9-30-16-17-34(52(59)60)26-38(30)53(61)62)32-11-8-18-51(29-32)39-27-37(49-33-12-7-10-31(25-33)47(58)48-28-41(55)56)42-43-44(39)50-66-46(43)36-14-2-1-13-35(36)45(42)57/h1-2,7,10,12-14,16-17,25-27,32,49H,3-6,8-9,11,15,18-24,28-29H2,(H,48,58)(H,55,56)/t32-/m1/s1. The molecule has 0 radical (unpaired) electrons. The molecule has 4 aromatic carbocycles. The summed E-state index contributed by atoms with van der Waals surface area (Å²) in [6.45, 7) is 3.09. The third-order valence-electron chi connectivity index (χ3n) is 11.6. The number of unbranched alkanes of at least 4 members (excludes halogenated alkanes) is 2. The van der Waals surface area contributed by atoms with Gasteiger partial charge in [-0.1, -0.05) is 35.5 Å². The molecule has 1 aliphatic heterocycles. The van der Waals surface area contributed by atoms with E-state index in [1.807, 2.05) is 18.2 Å². The number of nitrogens with zero attached hydrogens (tertiary/aromatic N) is 4.